The van der Waals surface area contributed by atoms with Crippen molar-refractivity contribution in [3.63, 3.8) is 0 Å². The van der Waals surface area contributed by atoms with Crippen molar-refractivity contribution in [2.45, 2.75) is 12.5 Å². The van der Waals surface area contributed by atoms with E-state index in [0.29, 0.717) is 6.42 Å². The Balaban J connectivity index is 2.19. The molecule has 1 aromatic heterocycles. The summed E-state index contributed by atoms with van der Waals surface area (Å²) in [6.07, 6.45) is 3.86. The van der Waals surface area contributed by atoms with Crippen LogP contribution in [0.2, 0.25) is 0 Å². The van der Waals surface area contributed by atoms with Gasteiger partial charge in [0.1, 0.15) is 11.8 Å². The van der Waals surface area contributed by atoms with Crippen LogP contribution < -0.4 is 0 Å². The van der Waals surface area contributed by atoms with E-state index in [-0.39, 0.29) is 5.75 Å². The molecule has 2 N–H and O–H groups in total. The van der Waals surface area contributed by atoms with Crippen LogP contribution in [0.4, 0.5) is 0 Å². The number of aromatic nitrogens is 1. The number of phenolic OH excluding ortho intramolecular Hbond substituents is 1. The van der Waals surface area contributed by atoms with E-state index >= 15 is 0 Å². The summed E-state index contributed by atoms with van der Waals surface area (Å²) in [5.41, 5.74) is 0.879. The van der Waals surface area contributed by atoms with Gasteiger partial charge in [-0.2, -0.15) is 0 Å². The summed E-state index contributed by atoms with van der Waals surface area (Å²) < 4.78 is 1.66. The molecule has 0 bridgehead atoms. The molecule has 0 spiro atoms. The van der Waals surface area contributed by atoms with Gasteiger partial charge in [0.15, 0.2) is 0 Å². The third kappa shape index (κ3) is 2.66. The highest BCUT2D eigenvalue weighted by Gasteiger charge is 2.18. The number of aromatic hydroxyl groups is 1. The molecule has 0 saturated heterocycles. The van der Waals surface area contributed by atoms with E-state index in [0.717, 1.165) is 5.56 Å². The number of benzene rings is 1. The zero-order valence-corrected chi connectivity index (χ0v) is 9.15. The first-order chi connectivity index (χ1) is 8.16. The fourth-order valence-corrected chi connectivity index (χ4v) is 1.73. The highest BCUT2D eigenvalue weighted by atomic mass is 16.4. The molecule has 0 amide bonds. The quantitative estimate of drug-likeness (QED) is 0.846. The van der Waals surface area contributed by atoms with Gasteiger partial charge in [0.05, 0.1) is 0 Å². The van der Waals surface area contributed by atoms with E-state index in [4.69, 9.17) is 5.11 Å². The first-order valence-corrected chi connectivity index (χ1v) is 5.30. The Labute approximate surface area is 98.8 Å². The Morgan fingerprint density at radius 1 is 1.18 bits per heavy atom. The maximum absolute atomic E-state index is 11.2. The average Bonchev–Trinajstić information content (AvgIpc) is 2.81. The van der Waals surface area contributed by atoms with Gasteiger partial charge in [0.2, 0.25) is 0 Å². The van der Waals surface area contributed by atoms with Crippen molar-refractivity contribution in [1.82, 2.24) is 4.57 Å². The molecule has 4 heteroatoms. The molecule has 88 valence electrons. The molecule has 0 aliphatic rings. The summed E-state index contributed by atoms with van der Waals surface area (Å²) in [6, 6.07) is 9.56. The van der Waals surface area contributed by atoms with Gasteiger partial charge in [0.25, 0.3) is 0 Å². The fraction of sp³-hybridized carbons (Fsp3) is 0.154. The van der Waals surface area contributed by atoms with Gasteiger partial charge in [-0.3, -0.25) is 0 Å². The summed E-state index contributed by atoms with van der Waals surface area (Å²) >= 11 is 0. The Hall–Kier alpha value is -2.23. The van der Waals surface area contributed by atoms with Crippen LogP contribution in [0.5, 0.6) is 5.75 Å². The molecule has 2 rings (SSSR count). The molecule has 17 heavy (non-hydrogen) atoms. The van der Waals surface area contributed by atoms with Crippen LogP contribution >= 0.6 is 0 Å². The monoisotopic (exact) mass is 231 g/mol. The van der Waals surface area contributed by atoms with Crippen LogP contribution in [-0.4, -0.2) is 20.7 Å². The molecule has 0 fully saturated rings. The summed E-state index contributed by atoms with van der Waals surface area (Å²) in [5, 5.41) is 18.4. The number of carboxylic acid groups (broad SMARTS) is 1. The lowest BCUT2D eigenvalue weighted by molar-refractivity contribution is -0.140. The molecule has 1 unspecified atom stereocenters. The Kier molecular flexibility index (Phi) is 3.14. The SMILES string of the molecule is O=C(O)C(Cc1ccc(O)cc1)n1cccc1. The molecule has 1 atom stereocenters. The van der Waals surface area contributed by atoms with Gasteiger partial charge < -0.3 is 14.8 Å². The van der Waals surface area contributed by atoms with Gasteiger partial charge in [-0.15, -0.1) is 0 Å². The molecule has 2 aromatic rings. The fourth-order valence-electron chi connectivity index (χ4n) is 1.73. The third-order valence-electron chi connectivity index (χ3n) is 2.64. The summed E-state index contributed by atoms with van der Waals surface area (Å²) in [5.74, 6) is -0.684. The van der Waals surface area contributed by atoms with Crippen molar-refractivity contribution in [3.8, 4) is 5.75 Å². The van der Waals surface area contributed by atoms with Crippen molar-refractivity contribution < 1.29 is 15.0 Å². The predicted molar refractivity (Wildman–Crippen MR) is 62.9 cm³/mol. The lowest BCUT2D eigenvalue weighted by Gasteiger charge is -2.14. The molecule has 0 radical (unpaired) electrons. The standard InChI is InChI=1S/C13H13NO3/c15-11-5-3-10(4-6-11)9-12(13(16)17)14-7-1-2-8-14/h1-8,12,15H,9H2,(H,16,17). The Bertz CT molecular complexity index is 488. The molecule has 4 nitrogen and oxygen atoms in total. The van der Waals surface area contributed by atoms with Crippen LogP contribution in [0.3, 0.4) is 0 Å². The maximum Gasteiger partial charge on any atom is 0.327 e. The molecule has 1 aromatic carbocycles. The minimum Gasteiger partial charge on any atom is -0.508 e. The number of carboxylic acids is 1. The molecule has 0 saturated carbocycles. The van der Waals surface area contributed by atoms with Gasteiger partial charge in [-0.1, -0.05) is 12.1 Å². The van der Waals surface area contributed by atoms with Crippen molar-refractivity contribution in [3.05, 3.63) is 54.4 Å². The van der Waals surface area contributed by atoms with E-state index in [1.807, 2.05) is 0 Å². The molecule has 0 aliphatic heterocycles. The second kappa shape index (κ2) is 4.74. The number of nitrogens with zero attached hydrogens (tertiary/aromatic N) is 1. The van der Waals surface area contributed by atoms with E-state index in [1.54, 1.807) is 53.4 Å². The minimum absolute atomic E-state index is 0.182. The second-order valence-corrected chi connectivity index (χ2v) is 3.85. The zero-order chi connectivity index (χ0) is 12.3. The number of rotatable bonds is 4. The van der Waals surface area contributed by atoms with Crippen LogP contribution in [-0.2, 0) is 11.2 Å². The molecular weight excluding hydrogens is 218 g/mol. The van der Waals surface area contributed by atoms with Gasteiger partial charge in [-0.25, -0.2) is 4.79 Å². The Morgan fingerprint density at radius 2 is 1.76 bits per heavy atom. The topological polar surface area (TPSA) is 62.5 Å². The van der Waals surface area contributed by atoms with E-state index in [1.165, 1.54) is 0 Å². The number of hydrogen-bond donors (Lipinski definition) is 2. The first kappa shape index (κ1) is 11.3. The van der Waals surface area contributed by atoms with Crippen LogP contribution in [0.25, 0.3) is 0 Å². The summed E-state index contributed by atoms with van der Waals surface area (Å²) in [4.78, 5) is 11.2. The van der Waals surface area contributed by atoms with Crippen molar-refractivity contribution in [2.75, 3.05) is 0 Å². The van der Waals surface area contributed by atoms with Crippen LogP contribution in [0.1, 0.15) is 11.6 Å². The maximum atomic E-state index is 11.2. The summed E-state index contributed by atoms with van der Waals surface area (Å²) in [6.45, 7) is 0. The van der Waals surface area contributed by atoms with E-state index < -0.39 is 12.0 Å². The normalized spacial score (nSPS) is 12.2. The molecular formula is C13H13NO3. The highest BCUT2D eigenvalue weighted by Crippen LogP contribution is 2.17. The average molecular weight is 231 g/mol. The lowest BCUT2D eigenvalue weighted by atomic mass is 10.1. The van der Waals surface area contributed by atoms with Gasteiger partial charge in [-0.05, 0) is 29.8 Å². The number of hydrogen-bond acceptors (Lipinski definition) is 2. The molecule has 0 aliphatic carbocycles. The van der Waals surface area contributed by atoms with Crippen molar-refractivity contribution in [2.24, 2.45) is 0 Å². The second-order valence-electron chi connectivity index (χ2n) is 3.85. The van der Waals surface area contributed by atoms with Crippen molar-refractivity contribution in [1.29, 1.82) is 0 Å². The van der Waals surface area contributed by atoms with E-state index in [9.17, 15) is 9.90 Å². The highest BCUT2D eigenvalue weighted by molar-refractivity contribution is 5.72. The minimum atomic E-state index is -0.866. The Morgan fingerprint density at radius 3 is 2.29 bits per heavy atom. The van der Waals surface area contributed by atoms with Crippen molar-refractivity contribution >= 4 is 5.97 Å². The van der Waals surface area contributed by atoms with Gasteiger partial charge in [0, 0.05) is 18.8 Å². The smallest absolute Gasteiger partial charge is 0.327 e. The van der Waals surface area contributed by atoms with Gasteiger partial charge >= 0.3 is 5.97 Å². The summed E-state index contributed by atoms with van der Waals surface area (Å²) in [7, 11) is 0. The lowest BCUT2D eigenvalue weighted by Crippen LogP contribution is -2.20. The van der Waals surface area contributed by atoms with E-state index in [2.05, 4.69) is 0 Å². The number of aliphatic carboxylic acids is 1. The number of carbonyl (C=O) groups is 1. The van der Waals surface area contributed by atoms with Crippen LogP contribution in [0, 0.1) is 0 Å². The predicted octanol–water partition coefficient (Wildman–Crippen LogP) is 2.06. The largest absolute Gasteiger partial charge is 0.508 e. The van der Waals surface area contributed by atoms with Crippen LogP contribution in [0.15, 0.2) is 48.8 Å². The first-order valence-electron chi connectivity index (χ1n) is 5.30. The molecule has 1 heterocycles. The zero-order valence-electron chi connectivity index (χ0n) is 9.15. The number of phenols is 1. The third-order valence-corrected chi connectivity index (χ3v) is 2.64.